The van der Waals surface area contributed by atoms with Crippen molar-refractivity contribution in [2.45, 2.75) is 46.5 Å². The first-order valence-corrected chi connectivity index (χ1v) is 5.60. The molecule has 0 heteroatoms. The Bertz CT molecular complexity index is 347. The van der Waals surface area contributed by atoms with Crippen molar-refractivity contribution in [1.82, 2.24) is 0 Å². The normalized spacial score (nSPS) is 15.3. The molecule has 0 N–H and O–H groups in total. The van der Waals surface area contributed by atoms with Gasteiger partial charge in [-0.3, -0.25) is 0 Å². The second-order valence-electron chi connectivity index (χ2n) is 4.21. The van der Waals surface area contributed by atoms with Gasteiger partial charge in [0.1, 0.15) is 0 Å². The maximum absolute atomic E-state index is 2.40. The van der Waals surface area contributed by atoms with Gasteiger partial charge >= 0.3 is 0 Å². The Morgan fingerprint density at radius 3 is 2.87 bits per heavy atom. The molecule has 0 bridgehead atoms. The van der Waals surface area contributed by atoms with Gasteiger partial charge in [0, 0.05) is 0 Å². The third-order valence-electron chi connectivity index (χ3n) is 3.23. The lowest BCUT2D eigenvalue weighted by atomic mass is 9.90. The number of hydrogen-bond donors (Lipinski definition) is 0. The van der Waals surface area contributed by atoms with Crippen LogP contribution in [0.15, 0.2) is 24.3 Å². The van der Waals surface area contributed by atoms with E-state index in [1.165, 1.54) is 36.0 Å². The average molecular weight is 202 g/mol. The van der Waals surface area contributed by atoms with Crippen molar-refractivity contribution >= 4 is 6.08 Å². The second-order valence-corrected chi connectivity index (χ2v) is 4.21. The van der Waals surface area contributed by atoms with Crippen LogP contribution >= 0.6 is 0 Å². The van der Waals surface area contributed by atoms with Gasteiger partial charge in [-0.15, -0.1) is 0 Å². The van der Waals surface area contributed by atoms with Crippen LogP contribution in [0.5, 0.6) is 0 Å². The molecule has 15 heavy (non-hydrogen) atoms. The zero-order valence-corrected chi connectivity index (χ0v) is 9.09. The minimum Gasteiger partial charge on any atom is -0.0836 e. The van der Waals surface area contributed by atoms with Crippen molar-refractivity contribution in [3.8, 4) is 0 Å². The van der Waals surface area contributed by atoms with Gasteiger partial charge in [0.15, 0.2) is 0 Å². The van der Waals surface area contributed by atoms with Gasteiger partial charge in [-0.1, -0.05) is 51.6 Å². The largest absolute Gasteiger partial charge is 0.0836 e. The highest BCUT2D eigenvalue weighted by atomic mass is 14.1. The minimum absolute atomic E-state index is 0. The number of hydrogen-bond acceptors (Lipinski definition) is 0. The first kappa shape index (κ1) is 12.0. The van der Waals surface area contributed by atoms with Crippen molar-refractivity contribution in [2.24, 2.45) is 0 Å². The summed E-state index contributed by atoms with van der Waals surface area (Å²) in [6.07, 6.45) is 8.17. The molecule has 1 aliphatic rings. The molecule has 0 aromatic heterocycles. The standard InChI is InChI=1S/C14H18.CH4/c1-3-11(2)13-9-8-12-6-4-5-7-14(12)10-13;/h4,6,8-11H,3,5,7H2,1-2H3;1H4. The maximum atomic E-state index is 2.40. The van der Waals surface area contributed by atoms with Gasteiger partial charge in [-0.25, -0.2) is 0 Å². The van der Waals surface area contributed by atoms with Crippen molar-refractivity contribution in [1.29, 1.82) is 0 Å². The molecule has 0 nitrogen and oxygen atoms in total. The SMILES string of the molecule is C.CCC(C)c1ccc2c(c1)CCC=C2. The molecule has 0 heterocycles. The summed E-state index contributed by atoms with van der Waals surface area (Å²) in [5.74, 6) is 0.700. The van der Waals surface area contributed by atoms with Crippen LogP contribution in [0.1, 0.15) is 56.7 Å². The second kappa shape index (κ2) is 5.16. The number of benzene rings is 1. The van der Waals surface area contributed by atoms with E-state index in [0.29, 0.717) is 5.92 Å². The summed E-state index contributed by atoms with van der Waals surface area (Å²) < 4.78 is 0. The fourth-order valence-electron chi connectivity index (χ4n) is 2.00. The predicted molar refractivity (Wildman–Crippen MR) is 69.2 cm³/mol. The van der Waals surface area contributed by atoms with E-state index >= 15 is 0 Å². The van der Waals surface area contributed by atoms with Crippen LogP contribution < -0.4 is 0 Å². The number of aryl methyl sites for hydroxylation is 1. The monoisotopic (exact) mass is 202 g/mol. The van der Waals surface area contributed by atoms with Crippen molar-refractivity contribution in [3.05, 3.63) is 41.0 Å². The van der Waals surface area contributed by atoms with Crippen molar-refractivity contribution < 1.29 is 0 Å². The lowest BCUT2D eigenvalue weighted by Gasteiger charge is -2.15. The molecular weight excluding hydrogens is 180 g/mol. The minimum atomic E-state index is 0. The fraction of sp³-hybridized carbons (Fsp3) is 0.467. The zero-order chi connectivity index (χ0) is 9.97. The van der Waals surface area contributed by atoms with E-state index in [4.69, 9.17) is 0 Å². The van der Waals surface area contributed by atoms with Gasteiger partial charge in [-0.2, -0.15) is 0 Å². The Morgan fingerprint density at radius 2 is 2.13 bits per heavy atom. The Labute approximate surface area is 94.0 Å². The van der Waals surface area contributed by atoms with E-state index in [1.807, 2.05) is 0 Å². The van der Waals surface area contributed by atoms with Crippen LogP contribution in [0.4, 0.5) is 0 Å². The van der Waals surface area contributed by atoms with Gasteiger partial charge < -0.3 is 0 Å². The number of rotatable bonds is 2. The highest BCUT2D eigenvalue weighted by Crippen LogP contribution is 2.25. The van der Waals surface area contributed by atoms with Crippen LogP contribution in [0.3, 0.4) is 0 Å². The number of allylic oxidation sites excluding steroid dienone is 1. The Morgan fingerprint density at radius 1 is 1.33 bits per heavy atom. The average Bonchev–Trinajstić information content (AvgIpc) is 2.27. The van der Waals surface area contributed by atoms with Crippen molar-refractivity contribution in [2.75, 3.05) is 0 Å². The topological polar surface area (TPSA) is 0 Å². The molecule has 0 radical (unpaired) electrons. The van der Waals surface area contributed by atoms with Gasteiger partial charge in [-0.05, 0) is 41.9 Å². The van der Waals surface area contributed by atoms with Gasteiger partial charge in [0.25, 0.3) is 0 Å². The highest BCUT2D eigenvalue weighted by Gasteiger charge is 2.08. The Balaban J connectivity index is 0.00000112. The summed E-state index contributed by atoms with van der Waals surface area (Å²) in [6, 6.07) is 6.95. The number of fused-ring (bicyclic) bond motifs is 1. The predicted octanol–water partition coefficient (Wildman–Crippen LogP) is 4.80. The van der Waals surface area contributed by atoms with Gasteiger partial charge in [0.2, 0.25) is 0 Å². The first-order valence-electron chi connectivity index (χ1n) is 5.60. The maximum Gasteiger partial charge on any atom is -0.0193 e. The molecule has 1 atom stereocenters. The van der Waals surface area contributed by atoms with Crippen molar-refractivity contribution in [3.63, 3.8) is 0 Å². The van der Waals surface area contributed by atoms with E-state index in [-0.39, 0.29) is 7.43 Å². The molecule has 0 amide bonds. The molecule has 2 rings (SSSR count). The molecule has 1 aliphatic carbocycles. The molecule has 1 unspecified atom stereocenters. The first-order chi connectivity index (χ1) is 6.81. The van der Waals surface area contributed by atoms with Crippen LogP contribution in [0.25, 0.3) is 6.08 Å². The summed E-state index contributed by atoms with van der Waals surface area (Å²) in [6.45, 7) is 4.56. The van der Waals surface area contributed by atoms with Crippen LogP contribution in [-0.2, 0) is 6.42 Å². The van der Waals surface area contributed by atoms with E-state index in [0.717, 1.165) is 0 Å². The third-order valence-corrected chi connectivity index (χ3v) is 3.23. The van der Waals surface area contributed by atoms with E-state index in [9.17, 15) is 0 Å². The molecule has 0 aliphatic heterocycles. The molecule has 0 spiro atoms. The van der Waals surface area contributed by atoms with Crippen LogP contribution in [0, 0.1) is 0 Å². The summed E-state index contributed by atoms with van der Waals surface area (Å²) in [4.78, 5) is 0. The summed E-state index contributed by atoms with van der Waals surface area (Å²) in [5.41, 5.74) is 4.45. The molecule has 0 saturated heterocycles. The Kier molecular flexibility index (Phi) is 4.14. The molecule has 0 fully saturated rings. The third kappa shape index (κ3) is 2.50. The molecule has 1 aromatic carbocycles. The molecule has 1 aromatic rings. The van der Waals surface area contributed by atoms with Gasteiger partial charge in [0.05, 0.1) is 0 Å². The zero-order valence-electron chi connectivity index (χ0n) is 9.09. The molecule has 82 valence electrons. The van der Waals surface area contributed by atoms with Crippen LogP contribution in [-0.4, -0.2) is 0 Å². The summed E-state index contributed by atoms with van der Waals surface area (Å²) in [7, 11) is 0. The van der Waals surface area contributed by atoms with E-state index < -0.39 is 0 Å². The van der Waals surface area contributed by atoms with E-state index in [1.54, 1.807) is 0 Å². The highest BCUT2D eigenvalue weighted by molar-refractivity contribution is 5.57. The summed E-state index contributed by atoms with van der Waals surface area (Å²) in [5, 5.41) is 0. The molecule has 0 saturated carbocycles. The quantitative estimate of drug-likeness (QED) is 0.646. The smallest absolute Gasteiger partial charge is 0.0193 e. The summed E-state index contributed by atoms with van der Waals surface area (Å²) >= 11 is 0. The fourth-order valence-corrected chi connectivity index (χ4v) is 2.00. The lowest BCUT2D eigenvalue weighted by Crippen LogP contribution is -1.98. The Hall–Kier alpha value is -1.04. The van der Waals surface area contributed by atoms with Crippen LogP contribution in [0.2, 0.25) is 0 Å². The van der Waals surface area contributed by atoms with E-state index in [2.05, 4.69) is 44.2 Å². The molecular formula is C15H22. The lowest BCUT2D eigenvalue weighted by molar-refractivity contribution is 0.731.